The van der Waals surface area contributed by atoms with Crippen LogP contribution in [0.15, 0.2) is 24.3 Å². The second-order valence-corrected chi connectivity index (χ2v) is 3.93. The lowest BCUT2D eigenvalue weighted by Crippen LogP contribution is -2.08. The highest BCUT2D eigenvalue weighted by molar-refractivity contribution is 5.47. The summed E-state index contributed by atoms with van der Waals surface area (Å²) in [5.41, 5.74) is -1.32. The summed E-state index contributed by atoms with van der Waals surface area (Å²) in [6, 6.07) is 2.54. The fourth-order valence-corrected chi connectivity index (χ4v) is 1.59. The predicted molar refractivity (Wildman–Crippen MR) is 60.0 cm³/mol. The van der Waals surface area contributed by atoms with Gasteiger partial charge in [0.1, 0.15) is 17.3 Å². The van der Waals surface area contributed by atoms with Crippen LogP contribution in [0.2, 0.25) is 0 Å². The van der Waals surface area contributed by atoms with Gasteiger partial charge in [-0.05, 0) is 18.2 Å². The summed E-state index contributed by atoms with van der Waals surface area (Å²) in [6.45, 7) is -0.541. The molecule has 0 heterocycles. The second-order valence-electron chi connectivity index (χ2n) is 3.93. The van der Waals surface area contributed by atoms with E-state index >= 15 is 0 Å². The molecule has 0 amide bonds. The Balaban J connectivity index is 2.30. The van der Waals surface area contributed by atoms with Crippen molar-refractivity contribution in [1.82, 2.24) is 0 Å². The van der Waals surface area contributed by atoms with Crippen LogP contribution >= 0.6 is 0 Å². The molecule has 1 N–H and O–H groups in total. The van der Waals surface area contributed by atoms with E-state index in [1.54, 1.807) is 0 Å². The number of halogens is 6. The van der Waals surface area contributed by atoms with Gasteiger partial charge in [-0.1, -0.05) is 0 Å². The van der Waals surface area contributed by atoms with E-state index in [0.29, 0.717) is 0 Å². The van der Waals surface area contributed by atoms with Gasteiger partial charge in [-0.25, -0.2) is 26.3 Å². The minimum atomic E-state index is -1.64. The van der Waals surface area contributed by atoms with Crippen molar-refractivity contribution in [2.24, 2.45) is 0 Å². The molecule has 0 aliphatic carbocycles. The molecule has 2 aromatic carbocycles. The van der Waals surface area contributed by atoms with Crippen molar-refractivity contribution in [3.05, 3.63) is 64.7 Å². The lowest BCUT2D eigenvalue weighted by molar-refractivity contribution is 0.458. The Bertz CT molecular complexity index is 630. The fraction of sp³-hybridized carbons (Fsp3) is 0.0769. The number of benzene rings is 2. The van der Waals surface area contributed by atoms with Gasteiger partial charge >= 0.3 is 0 Å². The van der Waals surface area contributed by atoms with E-state index in [-0.39, 0.29) is 11.6 Å². The van der Waals surface area contributed by atoms with Crippen LogP contribution in [-0.4, -0.2) is 0 Å². The summed E-state index contributed by atoms with van der Waals surface area (Å²) in [4.78, 5) is 0. The van der Waals surface area contributed by atoms with Crippen molar-refractivity contribution in [1.29, 1.82) is 0 Å². The van der Waals surface area contributed by atoms with Crippen LogP contribution in [0.5, 0.6) is 0 Å². The molecule has 106 valence electrons. The molecule has 0 aliphatic rings. The van der Waals surface area contributed by atoms with E-state index in [9.17, 15) is 26.3 Å². The molecule has 0 saturated heterocycles. The quantitative estimate of drug-likeness (QED) is 0.662. The zero-order chi connectivity index (χ0) is 14.9. The van der Waals surface area contributed by atoms with Crippen molar-refractivity contribution < 1.29 is 26.3 Å². The van der Waals surface area contributed by atoms with Crippen LogP contribution in [0.3, 0.4) is 0 Å². The van der Waals surface area contributed by atoms with Crippen LogP contribution in [0.25, 0.3) is 0 Å². The molecule has 0 unspecified atom stereocenters. The summed E-state index contributed by atoms with van der Waals surface area (Å²) >= 11 is 0. The maximum Gasteiger partial charge on any atom is 0.185 e. The molecule has 0 aliphatic heterocycles. The van der Waals surface area contributed by atoms with Crippen LogP contribution in [-0.2, 0) is 6.54 Å². The van der Waals surface area contributed by atoms with Crippen LogP contribution in [0.4, 0.5) is 32.0 Å². The SMILES string of the molecule is Fc1ccc(F)c(CNc2c(F)c(F)cc(F)c2F)c1. The number of nitrogens with one attached hydrogen (secondary N) is 1. The van der Waals surface area contributed by atoms with E-state index in [2.05, 4.69) is 0 Å². The Hall–Kier alpha value is -2.18. The van der Waals surface area contributed by atoms with Gasteiger partial charge in [0, 0.05) is 18.2 Å². The molecule has 0 spiro atoms. The predicted octanol–water partition coefficient (Wildman–Crippen LogP) is 4.13. The molecule has 20 heavy (non-hydrogen) atoms. The van der Waals surface area contributed by atoms with Gasteiger partial charge in [0.25, 0.3) is 0 Å². The van der Waals surface area contributed by atoms with Gasteiger partial charge in [-0.2, -0.15) is 0 Å². The average Bonchev–Trinajstić information content (AvgIpc) is 2.40. The van der Waals surface area contributed by atoms with Gasteiger partial charge < -0.3 is 5.32 Å². The van der Waals surface area contributed by atoms with E-state index < -0.39 is 47.1 Å². The maximum atomic E-state index is 13.3. The molecule has 2 rings (SSSR count). The Morgan fingerprint density at radius 1 is 0.750 bits per heavy atom. The topological polar surface area (TPSA) is 12.0 Å². The van der Waals surface area contributed by atoms with Gasteiger partial charge in [0.15, 0.2) is 23.3 Å². The van der Waals surface area contributed by atoms with Crippen molar-refractivity contribution in [3.8, 4) is 0 Å². The Kier molecular flexibility index (Phi) is 3.87. The first-order valence-electron chi connectivity index (χ1n) is 5.41. The van der Waals surface area contributed by atoms with E-state index in [1.165, 1.54) is 0 Å². The standard InChI is InChI=1S/C13H7F6N/c14-7-1-2-8(15)6(3-7)5-20-13-11(18)9(16)4-10(17)12(13)19/h1-4,20H,5H2. The molecule has 7 heteroatoms. The van der Waals surface area contributed by atoms with Crippen molar-refractivity contribution in [3.63, 3.8) is 0 Å². The van der Waals surface area contributed by atoms with Gasteiger partial charge in [-0.3, -0.25) is 0 Å². The molecule has 1 nitrogen and oxygen atoms in total. The van der Waals surface area contributed by atoms with E-state index in [0.717, 1.165) is 18.2 Å². The fourth-order valence-electron chi connectivity index (χ4n) is 1.59. The minimum Gasteiger partial charge on any atom is -0.376 e. The third kappa shape index (κ3) is 2.71. The lowest BCUT2D eigenvalue weighted by atomic mass is 10.2. The third-order valence-electron chi connectivity index (χ3n) is 2.58. The zero-order valence-electron chi connectivity index (χ0n) is 9.78. The molecular formula is C13H7F6N. The van der Waals surface area contributed by atoms with Crippen molar-refractivity contribution >= 4 is 5.69 Å². The largest absolute Gasteiger partial charge is 0.376 e. The smallest absolute Gasteiger partial charge is 0.185 e. The Morgan fingerprint density at radius 3 is 1.95 bits per heavy atom. The Morgan fingerprint density at radius 2 is 1.35 bits per heavy atom. The first kappa shape index (κ1) is 14.2. The molecule has 0 radical (unpaired) electrons. The first-order chi connectivity index (χ1) is 9.40. The monoisotopic (exact) mass is 291 g/mol. The number of rotatable bonds is 3. The van der Waals surface area contributed by atoms with Crippen LogP contribution in [0.1, 0.15) is 5.56 Å². The molecule has 0 saturated carbocycles. The maximum absolute atomic E-state index is 13.3. The third-order valence-corrected chi connectivity index (χ3v) is 2.58. The van der Waals surface area contributed by atoms with E-state index in [1.807, 2.05) is 5.32 Å². The number of anilines is 1. The summed E-state index contributed by atoms with van der Waals surface area (Å²) in [5.74, 6) is -8.04. The molecule has 2 aromatic rings. The normalized spacial score (nSPS) is 10.7. The molecule has 0 bridgehead atoms. The van der Waals surface area contributed by atoms with Gasteiger partial charge in [0.05, 0.1) is 0 Å². The second kappa shape index (κ2) is 5.44. The summed E-state index contributed by atoms with van der Waals surface area (Å²) in [6.07, 6.45) is 0. The van der Waals surface area contributed by atoms with Crippen LogP contribution < -0.4 is 5.32 Å². The van der Waals surface area contributed by atoms with E-state index in [4.69, 9.17) is 0 Å². The van der Waals surface area contributed by atoms with Crippen LogP contribution in [0, 0.1) is 34.9 Å². The summed E-state index contributed by atoms with van der Waals surface area (Å²) in [7, 11) is 0. The highest BCUT2D eigenvalue weighted by Gasteiger charge is 2.19. The molecule has 0 atom stereocenters. The highest BCUT2D eigenvalue weighted by Crippen LogP contribution is 2.25. The number of hydrogen-bond acceptors (Lipinski definition) is 1. The van der Waals surface area contributed by atoms with Gasteiger partial charge in [0.2, 0.25) is 0 Å². The molecule has 0 fully saturated rings. The van der Waals surface area contributed by atoms with Gasteiger partial charge in [-0.15, -0.1) is 0 Å². The summed E-state index contributed by atoms with van der Waals surface area (Å²) in [5, 5.41) is 2.01. The summed E-state index contributed by atoms with van der Waals surface area (Å²) < 4.78 is 78.7. The highest BCUT2D eigenvalue weighted by atomic mass is 19.2. The Labute approximate surface area is 109 Å². The first-order valence-corrected chi connectivity index (χ1v) is 5.41. The molecular weight excluding hydrogens is 284 g/mol. The van der Waals surface area contributed by atoms with Crippen molar-refractivity contribution in [2.45, 2.75) is 6.54 Å². The minimum absolute atomic E-state index is 0.0542. The zero-order valence-corrected chi connectivity index (χ0v) is 9.78. The number of hydrogen-bond donors (Lipinski definition) is 1. The average molecular weight is 291 g/mol. The lowest BCUT2D eigenvalue weighted by Gasteiger charge is -2.10. The van der Waals surface area contributed by atoms with Crippen molar-refractivity contribution in [2.75, 3.05) is 5.32 Å². The molecule has 0 aromatic heterocycles.